The molecule has 0 bridgehead atoms. The molecule has 0 radical (unpaired) electrons. The first-order valence-corrected chi connectivity index (χ1v) is 6.11. The van der Waals surface area contributed by atoms with Gasteiger partial charge in [0.2, 0.25) is 6.10 Å². The van der Waals surface area contributed by atoms with Gasteiger partial charge >= 0.3 is 11.9 Å². The second kappa shape index (κ2) is 6.52. The Morgan fingerprint density at radius 3 is 2.00 bits per heavy atom. The number of hydrogen-bond donors (Lipinski definition) is 0. The number of esters is 2. The van der Waals surface area contributed by atoms with Gasteiger partial charge in [-0.25, -0.2) is 9.59 Å². The molecule has 0 aliphatic carbocycles. The minimum atomic E-state index is -1.06. The zero-order valence-corrected chi connectivity index (χ0v) is 11.0. The SMILES string of the molecule is COC(=O)C(OC(=O)c1ccccc1)c1ccccc1. The third kappa shape index (κ3) is 3.23. The van der Waals surface area contributed by atoms with Crippen LogP contribution in [0, 0.1) is 0 Å². The van der Waals surface area contributed by atoms with Crippen molar-refractivity contribution in [1.29, 1.82) is 0 Å². The second-order valence-electron chi connectivity index (χ2n) is 4.09. The lowest BCUT2D eigenvalue weighted by Crippen LogP contribution is -2.21. The van der Waals surface area contributed by atoms with Crippen molar-refractivity contribution in [2.75, 3.05) is 7.11 Å². The molecule has 0 saturated heterocycles. The highest BCUT2D eigenvalue weighted by Crippen LogP contribution is 2.20. The number of carbonyl (C=O) groups excluding carboxylic acids is 2. The molecule has 0 N–H and O–H groups in total. The lowest BCUT2D eigenvalue weighted by molar-refractivity contribution is -0.151. The maximum absolute atomic E-state index is 12.0. The van der Waals surface area contributed by atoms with Crippen LogP contribution in [0.25, 0.3) is 0 Å². The zero-order valence-electron chi connectivity index (χ0n) is 11.0. The van der Waals surface area contributed by atoms with Gasteiger partial charge in [-0.1, -0.05) is 48.5 Å². The van der Waals surface area contributed by atoms with Gasteiger partial charge in [-0.05, 0) is 12.1 Å². The molecule has 0 aromatic heterocycles. The van der Waals surface area contributed by atoms with Crippen molar-refractivity contribution in [3.05, 3.63) is 71.8 Å². The van der Waals surface area contributed by atoms with Crippen LogP contribution < -0.4 is 0 Å². The molecule has 0 fully saturated rings. The molecule has 1 unspecified atom stereocenters. The van der Waals surface area contributed by atoms with Crippen molar-refractivity contribution in [3.8, 4) is 0 Å². The maximum Gasteiger partial charge on any atom is 0.351 e. The molecule has 0 spiro atoms. The Morgan fingerprint density at radius 1 is 0.900 bits per heavy atom. The lowest BCUT2D eigenvalue weighted by Gasteiger charge is -2.16. The fraction of sp³-hybridized carbons (Fsp3) is 0.125. The van der Waals surface area contributed by atoms with Crippen LogP contribution in [0.5, 0.6) is 0 Å². The Bertz CT molecular complexity index is 578. The Morgan fingerprint density at radius 2 is 1.45 bits per heavy atom. The Labute approximate surface area is 116 Å². The van der Waals surface area contributed by atoms with E-state index in [2.05, 4.69) is 4.74 Å². The Balaban J connectivity index is 2.21. The highest BCUT2D eigenvalue weighted by Gasteiger charge is 2.26. The van der Waals surface area contributed by atoms with E-state index in [1.807, 2.05) is 6.07 Å². The predicted molar refractivity (Wildman–Crippen MR) is 73.1 cm³/mol. The zero-order chi connectivity index (χ0) is 14.4. The fourth-order valence-corrected chi connectivity index (χ4v) is 1.74. The van der Waals surface area contributed by atoms with E-state index in [0.29, 0.717) is 11.1 Å². The summed E-state index contributed by atoms with van der Waals surface area (Å²) in [4.78, 5) is 23.8. The van der Waals surface area contributed by atoms with E-state index in [0.717, 1.165) is 0 Å². The molecule has 0 heterocycles. The van der Waals surface area contributed by atoms with Crippen LogP contribution in [-0.4, -0.2) is 19.0 Å². The molecule has 102 valence electrons. The monoisotopic (exact) mass is 270 g/mol. The van der Waals surface area contributed by atoms with Crippen LogP contribution in [0.1, 0.15) is 22.0 Å². The minimum absolute atomic E-state index is 0.386. The molecule has 2 aromatic rings. The molecule has 2 rings (SSSR count). The molecular weight excluding hydrogens is 256 g/mol. The van der Waals surface area contributed by atoms with Crippen LogP contribution >= 0.6 is 0 Å². The minimum Gasteiger partial charge on any atom is -0.466 e. The summed E-state index contributed by atoms with van der Waals surface area (Å²) in [6.07, 6.45) is -1.06. The molecule has 0 amide bonds. The van der Waals surface area contributed by atoms with Gasteiger partial charge in [0.25, 0.3) is 0 Å². The van der Waals surface area contributed by atoms with Gasteiger partial charge in [0.05, 0.1) is 12.7 Å². The van der Waals surface area contributed by atoms with E-state index in [4.69, 9.17) is 4.74 Å². The molecular formula is C16H14O4. The van der Waals surface area contributed by atoms with Gasteiger partial charge in [-0.15, -0.1) is 0 Å². The second-order valence-corrected chi connectivity index (χ2v) is 4.09. The third-order valence-corrected chi connectivity index (χ3v) is 2.75. The van der Waals surface area contributed by atoms with Gasteiger partial charge in [0, 0.05) is 5.56 Å². The van der Waals surface area contributed by atoms with E-state index < -0.39 is 18.0 Å². The summed E-state index contributed by atoms with van der Waals surface area (Å²) in [5, 5.41) is 0. The largest absolute Gasteiger partial charge is 0.466 e. The molecule has 0 aliphatic rings. The molecule has 0 saturated carbocycles. The highest BCUT2D eigenvalue weighted by molar-refractivity contribution is 5.91. The fourth-order valence-electron chi connectivity index (χ4n) is 1.74. The number of benzene rings is 2. The van der Waals surface area contributed by atoms with Gasteiger partial charge in [0.1, 0.15) is 0 Å². The normalized spacial score (nSPS) is 11.4. The van der Waals surface area contributed by atoms with E-state index in [-0.39, 0.29) is 0 Å². The molecule has 4 nitrogen and oxygen atoms in total. The summed E-state index contributed by atoms with van der Waals surface area (Å²) < 4.78 is 9.95. The summed E-state index contributed by atoms with van der Waals surface area (Å²) in [6, 6.07) is 17.3. The number of carbonyl (C=O) groups is 2. The predicted octanol–water partition coefficient (Wildman–Crippen LogP) is 2.76. The van der Waals surface area contributed by atoms with Gasteiger partial charge in [0.15, 0.2) is 0 Å². The topological polar surface area (TPSA) is 52.6 Å². The van der Waals surface area contributed by atoms with Gasteiger partial charge in [-0.2, -0.15) is 0 Å². The van der Waals surface area contributed by atoms with Gasteiger partial charge in [-0.3, -0.25) is 0 Å². The van der Waals surface area contributed by atoms with Crippen molar-refractivity contribution < 1.29 is 19.1 Å². The van der Waals surface area contributed by atoms with Crippen LogP contribution in [-0.2, 0) is 14.3 Å². The molecule has 1 atom stereocenters. The summed E-state index contributed by atoms with van der Waals surface area (Å²) in [6.45, 7) is 0. The molecule has 2 aromatic carbocycles. The average Bonchev–Trinajstić information content (AvgIpc) is 2.53. The number of ether oxygens (including phenoxy) is 2. The summed E-state index contributed by atoms with van der Waals surface area (Å²) in [5.74, 6) is -1.18. The number of rotatable bonds is 4. The summed E-state index contributed by atoms with van der Waals surface area (Å²) in [5.41, 5.74) is 0.959. The van der Waals surface area contributed by atoms with Crippen molar-refractivity contribution in [3.63, 3.8) is 0 Å². The first-order valence-electron chi connectivity index (χ1n) is 6.11. The maximum atomic E-state index is 12.0. The first kappa shape index (κ1) is 13.8. The summed E-state index contributed by atoms with van der Waals surface area (Å²) >= 11 is 0. The van der Waals surface area contributed by atoms with E-state index in [1.54, 1.807) is 54.6 Å². The Hall–Kier alpha value is -2.62. The highest BCUT2D eigenvalue weighted by atomic mass is 16.6. The van der Waals surface area contributed by atoms with E-state index in [1.165, 1.54) is 7.11 Å². The smallest absolute Gasteiger partial charge is 0.351 e. The standard InChI is InChI=1S/C16H14O4/c1-19-16(18)14(12-8-4-2-5-9-12)20-15(17)13-10-6-3-7-11-13/h2-11,14H,1H3. The third-order valence-electron chi connectivity index (χ3n) is 2.75. The van der Waals surface area contributed by atoms with Crippen LogP contribution in [0.2, 0.25) is 0 Å². The van der Waals surface area contributed by atoms with Gasteiger partial charge < -0.3 is 9.47 Å². The lowest BCUT2D eigenvalue weighted by atomic mass is 10.1. The van der Waals surface area contributed by atoms with Crippen molar-refractivity contribution >= 4 is 11.9 Å². The van der Waals surface area contributed by atoms with Crippen LogP contribution in [0.15, 0.2) is 60.7 Å². The summed E-state index contributed by atoms with van der Waals surface area (Å²) in [7, 11) is 1.26. The number of methoxy groups -OCH3 is 1. The van der Waals surface area contributed by atoms with Crippen molar-refractivity contribution in [2.45, 2.75) is 6.10 Å². The average molecular weight is 270 g/mol. The van der Waals surface area contributed by atoms with Crippen molar-refractivity contribution in [1.82, 2.24) is 0 Å². The van der Waals surface area contributed by atoms with E-state index >= 15 is 0 Å². The molecule has 20 heavy (non-hydrogen) atoms. The van der Waals surface area contributed by atoms with Crippen LogP contribution in [0.4, 0.5) is 0 Å². The number of hydrogen-bond acceptors (Lipinski definition) is 4. The molecule has 0 aliphatic heterocycles. The van der Waals surface area contributed by atoms with Crippen LogP contribution in [0.3, 0.4) is 0 Å². The molecule has 4 heteroatoms. The Kier molecular flexibility index (Phi) is 4.50. The quantitative estimate of drug-likeness (QED) is 0.802. The first-order chi connectivity index (χ1) is 9.72. The van der Waals surface area contributed by atoms with E-state index in [9.17, 15) is 9.59 Å². The van der Waals surface area contributed by atoms with Crippen molar-refractivity contribution in [2.24, 2.45) is 0 Å².